The smallest absolute Gasteiger partial charge is 0.395 e. The van der Waals surface area contributed by atoms with Gasteiger partial charge < -0.3 is 24.8 Å². The fourth-order valence-corrected chi connectivity index (χ4v) is 5.53. The maximum atomic E-state index is 13.3. The summed E-state index contributed by atoms with van der Waals surface area (Å²) in [6.45, 7) is 4.35. The second-order valence-electron chi connectivity index (χ2n) is 9.80. The summed E-state index contributed by atoms with van der Waals surface area (Å²) in [4.78, 5) is 11.7. The van der Waals surface area contributed by atoms with Gasteiger partial charge in [0.25, 0.3) is 0 Å². The number of nitrogens with two attached hydrogens (primary N) is 1. The minimum Gasteiger partial charge on any atom is -0.395 e. The summed E-state index contributed by atoms with van der Waals surface area (Å²) >= 11 is 0. The van der Waals surface area contributed by atoms with Gasteiger partial charge in [-0.2, -0.15) is 10.1 Å². The number of halogens is 2. The van der Waals surface area contributed by atoms with Crippen molar-refractivity contribution in [2.24, 2.45) is 11.1 Å². The molecule has 1 spiro atoms. The van der Waals surface area contributed by atoms with Gasteiger partial charge in [-0.1, -0.05) is 5.92 Å². The standard InChI is InChI=1S/C25H23F2N7O3/c1-14-20(28)24(13-35-14)6-9-33(10-7-24)23-30-21-19(22-29-8-11-34(22)23)16(31-32-21)4-2-15-3-5-17-18(12-15)37-25(26,27)36-17/h3,5,8,11-12,14,20H,6-7,9-10,13,28H2,1H3,(H,31,32)/t14-,20+/m0/s1. The Balaban J connectivity index is 1.20. The van der Waals surface area contributed by atoms with E-state index in [9.17, 15) is 8.78 Å². The summed E-state index contributed by atoms with van der Waals surface area (Å²) in [7, 11) is 0. The SMILES string of the molecule is C[C@@H]1OCC2(CCN(c3nc4[nH]nc(C#Cc5ccc6c(c5)OC(F)(F)O6)c4c4nccn34)CC2)[C@@H]1N. The average molecular weight is 508 g/mol. The lowest BCUT2D eigenvalue weighted by Gasteiger charge is -2.41. The maximum absolute atomic E-state index is 13.3. The Hall–Kier alpha value is -3.95. The molecule has 3 aliphatic heterocycles. The van der Waals surface area contributed by atoms with Gasteiger partial charge in [0.1, 0.15) is 5.69 Å². The highest BCUT2D eigenvalue weighted by molar-refractivity contribution is 5.94. The second kappa shape index (κ2) is 7.77. The first-order chi connectivity index (χ1) is 17.8. The normalized spacial score (nSPS) is 23.6. The Morgan fingerprint density at radius 1 is 1.16 bits per heavy atom. The molecular formula is C25H23F2N7O3. The number of aromatic amines is 1. The van der Waals surface area contributed by atoms with Crippen LogP contribution in [0.4, 0.5) is 14.7 Å². The van der Waals surface area contributed by atoms with Crippen molar-refractivity contribution in [1.82, 2.24) is 24.6 Å². The zero-order chi connectivity index (χ0) is 25.4. The molecule has 2 saturated heterocycles. The summed E-state index contributed by atoms with van der Waals surface area (Å²) < 4.78 is 43.4. The molecular weight excluding hydrogens is 484 g/mol. The van der Waals surface area contributed by atoms with Gasteiger partial charge in [0.15, 0.2) is 22.8 Å². The molecule has 0 amide bonds. The molecule has 7 rings (SSSR count). The Bertz CT molecular complexity index is 1600. The van der Waals surface area contributed by atoms with Crippen molar-refractivity contribution in [3.63, 3.8) is 0 Å². The van der Waals surface area contributed by atoms with Crippen LogP contribution in [0.25, 0.3) is 16.7 Å². The molecule has 0 bridgehead atoms. The van der Waals surface area contributed by atoms with E-state index in [0.717, 1.165) is 31.9 Å². The highest BCUT2D eigenvalue weighted by atomic mass is 19.3. The lowest BCUT2D eigenvalue weighted by atomic mass is 9.73. The Morgan fingerprint density at radius 2 is 1.97 bits per heavy atom. The number of aromatic nitrogens is 5. The molecule has 37 heavy (non-hydrogen) atoms. The third-order valence-corrected chi connectivity index (χ3v) is 7.65. The third-order valence-electron chi connectivity index (χ3n) is 7.65. The van der Waals surface area contributed by atoms with Crippen LogP contribution in [-0.4, -0.2) is 62.7 Å². The van der Waals surface area contributed by atoms with Gasteiger partial charge >= 0.3 is 6.29 Å². The number of fused-ring (bicyclic) bond motifs is 4. The van der Waals surface area contributed by atoms with E-state index >= 15 is 0 Å². The topological polar surface area (TPSA) is 116 Å². The van der Waals surface area contributed by atoms with E-state index in [1.54, 1.807) is 12.3 Å². The molecule has 0 radical (unpaired) electrons. The van der Waals surface area contributed by atoms with E-state index < -0.39 is 6.29 Å². The highest BCUT2D eigenvalue weighted by Gasteiger charge is 2.48. The van der Waals surface area contributed by atoms with Crippen LogP contribution in [0, 0.1) is 17.3 Å². The van der Waals surface area contributed by atoms with E-state index in [1.807, 2.05) is 17.5 Å². The van der Waals surface area contributed by atoms with Gasteiger partial charge in [0, 0.05) is 48.6 Å². The van der Waals surface area contributed by atoms with Crippen molar-refractivity contribution in [1.29, 1.82) is 0 Å². The van der Waals surface area contributed by atoms with Gasteiger partial charge in [-0.3, -0.25) is 9.50 Å². The second-order valence-corrected chi connectivity index (χ2v) is 9.80. The van der Waals surface area contributed by atoms with Crippen molar-refractivity contribution in [3.8, 4) is 23.3 Å². The predicted octanol–water partition coefficient (Wildman–Crippen LogP) is 2.66. The largest absolute Gasteiger partial charge is 0.586 e. The summed E-state index contributed by atoms with van der Waals surface area (Å²) in [6.07, 6.45) is 1.84. The molecule has 12 heteroatoms. The molecule has 0 unspecified atom stereocenters. The molecule has 0 aliphatic carbocycles. The van der Waals surface area contributed by atoms with Crippen LogP contribution in [0.1, 0.15) is 31.0 Å². The van der Waals surface area contributed by atoms with Crippen LogP contribution >= 0.6 is 0 Å². The fourth-order valence-electron chi connectivity index (χ4n) is 5.53. The molecule has 2 fully saturated rings. The number of H-pyrrole nitrogens is 1. The van der Waals surface area contributed by atoms with Gasteiger partial charge in [0.05, 0.1) is 18.1 Å². The monoisotopic (exact) mass is 507 g/mol. The zero-order valence-corrected chi connectivity index (χ0v) is 19.9. The van der Waals surface area contributed by atoms with E-state index in [0.29, 0.717) is 34.5 Å². The molecule has 2 atom stereocenters. The Labute approximate surface area is 209 Å². The van der Waals surface area contributed by atoms with Gasteiger partial charge in [-0.15, -0.1) is 8.78 Å². The first-order valence-electron chi connectivity index (χ1n) is 12.1. The number of alkyl halides is 2. The molecule has 3 aromatic heterocycles. The molecule has 1 aromatic carbocycles. The van der Waals surface area contributed by atoms with Crippen molar-refractivity contribution < 1.29 is 23.0 Å². The molecule has 6 heterocycles. The quantitative estimate of drug-likeness (QED) is 0.378. The summed E-state index contributed by atoms with van der Waals surface area (Å²) in [5.74, 6) is 6.64. The first-order valence-corrected chi connectivity index (χ1v) is 12.1. The van der Waals surface area contributed by atoms with Crippen LogP contribution < -0.4 is 20.1 Å². The van der Waals surface area contributed by atoms with E-state index in [-0.39, 0.29) is 29.1 Å². The summed E-state index contributed by atoms with van der Waals surface area (Å²) in [5, 5.41) is 8.01. The van der Waals surface area contributed by atoms with Crippen molar-refractivity contribution in [3.05, 3.63) is 41.9 Å². The number of ether oxygens (including phenoxy) is 3. The van der Waals surface area contributed by atoms with E-state index in [2.05, 4.69) is 41.4 Å². The lowest BCUT2D eigenvalue weighted by Crippen LogP contribution is -2.51. The minimum atomic E-state index is -3.67. The number of hydrogen-bond acceptors (Lipinski definition) is 8. The van der Waals surface area contributed by atoms with Crippen LogP contribution in [-0.2, 0) is 4.74 Å². The first kappa shape index (κ1) is 22.3. The van der Waals surface area contributed by atoms with Crippen LogP contribution in [0.5, 0.6) is 11.5 Å². The fraction of sp³-hybridized carbons (Fsp3) is 0.400. The lowest BCUT2D eigenvalue weighted by molar-refractivity contribution is -0.286. The molecule has 10 nitrogen and oxygen atoms in total. The molecule has 0 saturated carbocycles. The third kappa shape index (κ3) is 3.49. The van der Waals surface area contributed by atoms with Gasteiger partial charge in [-0.05, 0) is 37.8 Å². The number of rotatable bonds is 1. The van der Waals surface area contributed by atoms with Crippen molar-refractivity contribution in [2.75, 3.05) is 24.6 Å². The van der Waals surface area contributed by atoms with Crippen LogP contribution in [0.3, 0.4) is 0 Å². The van der Waals surface area contributed by atoms with E-state index in [1.165, 1.54) is 12.1 Å². The molecule has 3 N–H and O–H groups in total. The van der Waals surface area contributed by atoms with Crippen LogP contribution in [0.2, 0.25) is 0 Å². The van der Waals surface area contributed by atoms with E-state index in [4.69, 9.17) is 15.5 Å². The number of nitrogens with one attached hydrogen (secondary N) is 1. The van der Waals surface area contributed by atoms with Gasteiger partial charge in [0.2, 0.25) is 5.95 Å². The van der Waals surface area contributed by atoms with Crippen LogP contribution in [0.15, 0.2) is 30.6 Å². The maximum Gasteiger partial charge on any atom is 0.586 e. The number of hydrogen-bond donors (Lipinski definition) is 2. The summed E-state index contributed by atoms with van der Waals surface area (Å²) in [6, 6.07) is 4.42. The average Bonchev–Trinajstić information content (AvgIpc) is 3.64. The predicted molar refractivity (Wildman–Crippen MR) is 129 cm³/mol. The number of nitrogens with zero attached hydrogens (tertiary/aromatic N) is 5. The zero-order valence-electron chi connectivity index (χ0n) is 19.9. The number of benzene rings is 1. The molecule has 3 aliphatic rings. The Kier molecular flexibility index (Phi) is 4.68. The highest BCUT2D eigenvalue weighted by Crippen LogP contribution is 2.42. The Morgan fingerprint density at radius 3 is 2.76 bits per heavy atom. The number of piperidine rings is 1. The molecule has 4 aromatic rings. The van der Waals surface area contributed by atoms with Crippen molar-refractivity contribution >= 4 is 22.6 Å². The van der Waals surface area contributed by atoms with Gasteiger partial charge in [-0.25, -0.2) is 4.98 Å². The minimum absolute atomic E-state index is 0.00936. The number of imidazole rings is 1. The number of anilines is 1. The summed E-state index contributed by atoms with van der Waals surface area (Å²) in [5.41, 5.74) is 8.67. The van der Waals surface area contributed by atoms with Crippen molar-refractivity contribution in [2.45, 2.75) is 38.2 Å². The molecule has 190 valence electrons.